The zero-order valence-electron chi connectivity index (χ0n) is 18.4. The molecule has 0 spiro atoms. The molecule has 0 fully saturated rings. The molecule has 0 unspecified atom stereocenters. The number of hydrogen-bond donors (Lipinski definition) is 0. The molecule has 0 aliphatic carbocycles. The molecule has 0 atom stereocenters. The summed E-state index contributed by atoms with van der Waals surface area (Å²) in [5, 5.41) is 0. The van der Waals surface area contributed by atoms with Crippen molar-refractivity contribution in [3.05, 3.63) is 34.7 Å². The van der Waals surface area contributed by atoms with Crippen LogP contribution in [0.4, 0.5) is 0 Å². The van der Waals surface area contributed by atoms with Gasteiger partial charge in [-0.05, 0) is 30.9 Å². The molecular weight excluding hydrogens is 320 g/mol. The highest BCUT2D eigenvalue weighted by molar-refractivity contribution is 5.60. The van der Waals surface area contributed by atoms with E-state index in [0.717, 1.165) is 34.4 Å². The molecule has 0 saturated heterocycles. The predicted octanol–water partition coefficient (Wildman–Crippen LogP) is 5.44. The highest BCUT2D eigenvalue weighted by atomic mass is 15.1. The van der Waals surface area contributed by atoms with Crippen molar-refractivity contribution in [2.75, 3.05) is 0 Å². The quantitative estimate of drug-likeness (QED) is 0.684. The Hall–Kier alpha value is -1.84. The molecule has 0 bridgehead atoms. The van der Waals surface area contributed by atoms with E-state index >= 15 is 0 Å². The Morgan fingerprint density at radius 3 is 1.42 bits per heavy atom. The molecule has 0 aliphatic heterocycles. The molecule has 4 nitrogen and oxygen atoms in total. The lowest BCUT2D eigenvalue weighted by molar-refractivity contribution is 0.497. The fraction of sp³-hybridized carbons (Fsp3) is 0.636. The van der Waals surface area contributed by atoms with Gasteiger partial charge in [0.15, 0.2) is 5.82 Å². The first-order chi connectivity index (χ1) is 11.6. The average molecular weight is 355 g/mol. The average Bonchev–Trinajstić information content (AvgIpc) is 2.43. The molecule has 142 valence electrons. The summed E-state index contributed by atoms with van der Waals surface area (Å²) in [6, 6.07) is 2.21. The van der Waals surface area contributed by atoms with Gasteiger partial charge in [-0.25, -0.2) is 15.0 Å². The highest BCUT2D eigenvalue weighted by Crippen LogP contribution is 2.32. The van der Waals surface area contributed by atoms with Gasteiger partial charge in [0.25, 0.3) is 0 Å². The minimum absolute atomic E-state index is 0.0201. The van der Waals surface area contributed by atoms with Crippen LogP contribution in [0.15, 0.2) is 6.07 Å². The molecule has 0 radical (unpaired) electrons. The fourth-order valence-electron chi connectivity index (χ4n) is 2.88. The zero-order valence-corrected chi connectivity index (χ0v) is 18.4. The predicted molar refractivity (Wildman–Crippen MR) is 109 cm³/mol. The van der Waals surface area contributed by atoms with Gasteiger partial charge in [0.1, 0.15) is 11.6 Å². The van der Waals surface area contributed by atoms with Gasteiger partial charge in [-0.3, -0.25) is 4.98 Å². The molecule has 4 heteroatoms. The summed E-state index contributed by atoms with van der Waals surface area (Å²) < 4.78 is 0. The summed E-state index contributed by atoms with van der Waals surface area (Å²) in [6.07, 6.45) is 0. The molecule has 2 aromatic rings. The molecule has 26 heavy (non-hydrogen) atoms. The molecule has 0 aromatic carbocycles. The summed E-state index contributed by atoms with van der Waals surface area (Å²) >= 11 is 0. The lowest BCUT2D eigenvalue weighted by atomic mass is 9.84. The Morgan fingerprint density at radius 2 is 1.04 bits per heavy atom. The van der Waals surface area contributed by atoms with Crippen LogP contribution < -0.4 is 0 Å². The van der Waals surface area contributed by atoms with Crippen LogP contribution in [0, 0.1) is 13.8 Å². The Bertz CT molecular complexity index is 783. The van der Waals surface area contributed by atoms with E-state index in [1.807, 2.05) is 6.92 Å². The van der Waals surface area contributed by atoms with Crippen molar-refractivity contribution in [1.29, 1.82) is 0 Å². The monoisotopic (exact) mass is 354 g/mol. The smallest absolute Gasteiger partial charge is 0.165 e. The normalized spacial score (nSPS) is 13.2. The zero-order chi connectivity index (χ0) is 20.1. The van der Waals surface area contributed by atoms with Crippen LogP contribution in [0.5, 0.6) is 0 Å². The van der Waals surface area contributed by atoms with Gasteiger partial charge in [0.05, 0.1) is 0 Å². The van der Waals surface area contributed by atoms with Crippen LogP contribution in [-0.4, -0.2) is 19.9 Å². The van der Waals surface area contributed by atoms with Crippen molar-refractivity contribution in [2.24, 2.45) is 0 Å². The Morgan fingerprint density at radius 1 is 0.577 bits per heavy atom. The van der Waals surface area contributed by atoms with Crippen molar-refractivity contribution in [3.8, 4) is 11.4 Å². The van der Waals surface area contributed by atoms with E-state index in [4.69, 9.17) is 19.9 Å². The van der Waals surface area contributed by atoms with Gasteiger partial charge in [0.2, 0.25) is 0 Å². The lowest BCUT2D eigenvalue weighted by Gasteiger charge is -2.25. The van der Waals surface area contributed by atoms with E-state index in [-0.39, 0.29) is 16.2 Å². The van der Waals surface area contributed by atoms with Crippen molar-refractivity contribution in [2.45, 2.75) is 92.4 Å². The summed E-state index contributed by atoms with van der Waals surface area (Å²) in [7, 11) is 0. The number of rotatable bonds is 1. The number of aromatic nitrogens is 4. The number of hydrogen-bond acceptors (Lipinski definition) is 4. The summed E-state index contributed by atoms with van der Waals surface area (Å²) in [5.41, 5.74) is 3.99. The standard InChI is InChI=1S/C22H34N4/c1-13-15(12-16(14(2)23-13)20(3,4)5)17-24-18(21(6,7)8)26-19(25-17)22(9,10)11/h12H,1-11H3. The maximum atomic E-state index is 4.84. The topological polar surface area (TPSA) is 51.6 Å². The van der Waals surface area contributed by atoms with Crippen LogP contribution in [0.25, 0.3) is 11.4 Å². The minimum Gasteiger partial charge on any atom is -0.257 e. The Balaban J connectivity index is 2.80. The first-order valence-electron chi connectivity index (χ1n) is 9.37. The summed E-state index contributed by atoms with van der Waals surface area (Å²) in [4.78, 5) is 19.3. The molecular formula is C22H34N4. The number of nitrogens with zero attached hydrogens (tertiary/aromatic N) is 4. The maximum Gasteiger partial charge on any atom is 0.165 e. The van der Waals surface area contributed by atoms with E-state index in [9.17, 15) is 0 Å². The first-order valence-corrected chi connectivity index (χ1v) is 9.37. The van der Waals surface area contributed by atoms with Gasteiger partial charge < -0.3 is 0 Å². The molecule has 0 aliphatic rings. The van der Waals surface area contributed by atoms with Crippen molar-refractivity contribution >= 4 is 0 Å². The Labute approximate surface area is 158 Å². The van der Waals surface area contributed by atoms with Crippen LogP contribution in [0.3, 0.4) is 0 Å². The lowest BCUT2D eigenvalue weighted by Crippen LogP contribution is -2.24. The van der Waals surface area contributed by atoms with E-state index < -0.39 is 0 Å². The maximum absolute atomic E-state index is 4.84. The van der Waals surface area contributed by atoms with E-state index in [1.165, 1.54) is 5.56 Å². The van der Waals surface area contributed by atoms with Crippen LogP contribution >= 0.6 is 0 Å². The van der Waals surface area contributed by atoms with E-state index in [2.05, 4.69) is 75.3 Å². The van der Waals surface area contributed by atoms with Crippen LogP contribution in [0.1, 0.15) is 90.9 Å². The van der Waals surface area contributed by atoms with E-state index in [0.29, 0.717) is 0 Å². The third-order valence-corrected chi connectivity index (χ3v) is 4.43. The highest BCUT2D eigenvalue weighted by Gasteiger charge is 2.27. The van der Waals surface area contributed by atoms with Gasteiger partial charge >= 0.3 is 0 Å². The molecule has 0 amide bonds. The fourth-order valence-corrected chi connectivity index (χ4v) is 2.88. The van der Waals surface area contributed by atoms with Gasteiger partial charge in [-0.15, -0.1) is 0 Å². The van der Waals surface area contributed by atoms with Gasteiger partial charge in [-0.1, -0.05) is 62.3 Å². The van der Waals surface area contributed by atoms with Crippen molar-refractivity contribution in [1.82, 2.24) is 19.9 Å². The molecule has 2 heterocycles. The number of aryl methyl sites for hydroxylation is 2. The van der Waals surface area contributed by atoms with Gasteiger partial charge in [-0.2, -0.15) is 0 Å². The Kier molecular flexibility index (Phi) is 5.04. The summed E-state index contributed by atoms with van der Waals surface area (Å²) in [5.74, 6) is 2.37. The molecule has 2 aromatic heterocycles. The second-order valence-electron chi connectivity index (χ2n) is 10.3. The molecule has 0 N–H and O–H groups in total. The SMILES string of the molecule is Cc1nc(C)c(C(C)(C)C)cc1-c1nc(C(C)(C)C)nc(C(C)(C)C)n1. The molecule has 2 rings (SSSR count). The van der Waals surface area contributed by atoms with Crippen molar-refractivity contribution < 1.29 is 0 Å². The number of pyridine rings is 1. The van der Waals surface area contributed by atoms with Crippen LogP contribution in [0.2, 0.25) is 0 Å². The van der Waals surface area contributed by atoms with Crippen molar-refractivity contribution in [3.63, 3.8) is 0 Å². The molecule has 0 saturated carbocycles. The second kappa shape index (κ2) is 6.40. The first kappa shape index (κ1) is 20.5. The minimum atomic E-state index is -0.142. The second-order valence-corrected chi connectivity index (χ2v) is 10.3. The third kappa shape index (κ3) is 4.28. The third-order valence-electron chi connectivity index (χ3n) is 4.43. The van der Waals surface area contributed by atoms with E-state index in [1.54, 1.807) is 0 Å². The van der Waals surface area contributed by atoms with Crippen LogP contribution in [-0.2, 0) is 16.2 Å². The van der Waals surface area contributed by atoms with Gasteiger partial charge in [0, 0.05) is 27.8 Å². The largest absolute Gasteiger partial charge is 0.257 e. The summed E-state index contributed by atoms with van der Waals surface area (Å²) in [6.45, 7) is 23.6.